The molecule has 0 fully saturated rings. The lowest BCUT2D eigenvalue weighted by molar-refractivity contribution is -0.178. The Bertz CT molecular complexity index is 470. The predicted octanol–water partition coefficient (Wildman–Crippen LogP) is 4.53. The largest absolute Gasteiger partial charge is 0.392 e. The SMILES string of the molecule is CN=C(C)c1cc(CC(CC(C)C)C(F)(F)F)[nH]c1C. The first kappa shape index (κ1) is 16.8. The number of rotatable bonds is 5. The van der Waals surface area contributed by atoms with Crippen molar-refractivity contribution in [2.45, 2.75) is 46.7 Å². The van der Waals surface area contributed by atoms with Crippen LogP contribution in [0.25, 0.3) is 0 Å². The quantitative estimate of drug-likeness (QED) is 0.771. The maximum absolute atomic E-state index is 13.1. The molecule has 1 heterocycles. The summed E-state index contributed by atoms with van der Waals surface area (Å²) in [5.41, 5.74) is 3.22. The van der Waals surface area contributed by atoms with Gasteiger partial charge in [0, 0.05) is 29.7 Å². The van der Waals surface area contributed by atoms with Gasteiger partial charge in [0.2, 0.25) is 0 Å². The van der Waals surface area contributed by atoms with E-state index in [4.69, 9.17) is 0 Å². The number of nitrogens with one attached hydrogen (secondary N) is 1. The monoisotopic (exact) mass is 288 g/mol. The van der Waals surface area contributed by atoms with E-state index in [1.165, 1.54) is 0 Å². The van der Waals surface area contributed by atoms with E-state index in [9.17, 15) is 13.2 Å². The van der Waals surface area contributed by atoms with Gasteiger partial charge >= 0.3 is 6.18 Å². The summed E-state index contributed by atoms with van der Waals surface area (Å²) in [6.45, 7) is 7.35. The van der Waals surface area contributed by atoms with E-state index >= 15 is 0 Å². The fourth-order valence-corrected chi connectivity index (χ4v) is 2.40. The van der Waals surface area contributed by atoms with E-state index in [0.717, 1.165) is 17.0 Å². The molecule has 0 aliphatic rings. The van der Waals surface area contributed by atoms with Crippen LogP contribution in [0.15, 0.2) is 11.1 Å². The van der Waals surface area contributed by atoms with Crippen LogP contribution in [-0.2, 0) is 6.42 Å². The van der Waals surface area contributed by atoms with E-state index in [1.807, 2.05) is 27.7 Å². The Balaban J connectivity index is 2.95. The number of aromatic amines is 1. The van der Waals surface area contributed by atoms with Crippen LogP contribution < -0.4 is 0 Å². The molecule has 0 spiro atoms. The second kappa shape index (κ2) is 6.46. The third kappa shape index (κ3) is 4.39. The van der Waals surface area contributed by atoms with Crippen molar-refractivity contribution in [1.82, 2.24) is 4.98 Å². The van der Waals surface area contributed by atoms with Gasteiger partial charge in [-0.15, -0.1) is 0 Å². The van der Waals surface area contributed by atoms with Crippen molar-refractivity contribution in [2.75, 3.05) is 7.05 Å². The number of hydrogen-bond donors (Lipinski definition) is 1. The molecule has 1 atom stereocenters. The number of hydrogen-bond acceptors (Lipinski definition) is 1. The van der Waals surface area contributed by atoms with Crippen LogP contribution in [-0.4, -0.2) is 23.9 Å². The maximum Gasteiger partial charge on any atom is 0.392 e. The zero-order chi connectivity index (χ0) is 15.5. The van der Waals surface area contributed by atoms with Gasteiger partial charge in [0.25, 0.3) is 0 Å². The summed E-state index contributed by atoms with van der Waals surface area (Å²) in [6.07, 6.45) is -4.01. The molecule has 0 aliphatic heterocycles. The second-order valence-electron chi connectivity index (χ2n) is 5.71. The van der Waals surface area contributed by atoms with Crippen molar-refractivity contribution in [3.05, 3.63) is 23.0 Å². The average molecular weight is 288 g/mol. The zero-order valence-electron chi connectivity index (χ0n) is 12.7. The van der Waals surface area contributed by atoms with Gasteiger partial charge in [0.05, 0.1) is 5.92 Å². The molecule has 0 aromatic carbocycles. The molecule has 114 valence electrons. The number of H-pyrrole nitrogens is 1. The van der Waals surface area contributed by atoms with Gasteiger partial charge in [-0.05, 0) is 38.7 Å². The van der Waals surface area contributed by atoms with E-state index < -0.39 is 12.1 Å². The van der Waals surface area contributed by atoms with E-state index in [2.05, 4.69) is 9.98 Å². The number of nitrogens with zero attached hydrogens (tertiary/aromatic N) is 1. The Hall–Kier alpha value is -1.26. The van der Waals surface area contributed by atoms with Crippen molar-refractivity contribution < 1.29 is 13.2 Å². The number of halogens is 3. The standard InChI is InChI=1S/C15H23F3N2/c1-9(2)6-12(15(16,17)18)7-13-8-14(10(3)19-5)11(4)20-13/h8-9,12,20H,6-7H2,1-5H3. The Labute approximate surface area is 118 Å². The smallest absolute Gasteiger partial charge is 0.362 e. The Morgan fingerprint density at radius 2 is 1.95 bits per heavy atom. The third-order valence-corrected chi connectivity index (χ3v) is 3.48. The first-order valence-corrected chi connectivity index (χ1v) is 6.84. The molecule has 2 nitrogen and oxygen atoms in total. The number of alkyl halides is 3. The van der Waals surface area contributed by atoms with Crippen LogP contribution in [0.1, 0.15) is 44.1 Å². The van der Waals surface area contributed by atoms with Crippen molar-refractivity contribution >= 4 is 5.71 Å². The van der Waals surface area contributed by atoms with Gasteiger partial charge in [0.1, 0.15) is 0 Å². The minimum Gasteiger partial charge on any atom is -0.362 e. The first-order valence-electron chi connectivity index (χ1n) is 6.84. The summed E-state index contributed by atoms with van der Waals surface area (Å²) in [7, 11) is 1.68. The molecule has 0 amide bonds. The highest BCUT2D eigenvalue weighted by Crippen LogP contribution is 2.34. The normalized spacial score (nSPS) is 14.9. The van der Waals surface area contributed by atoms with Gasteiger partial charge in [-0.3, -0.25) is 4.99 Å². The summed E-state index contributed by atoms with van der Waals surface area (Å²) in [5, 5.41) is 0. The summed E-state index contributed by atoms with van der Waals surface area (Å²) < 4.78 is 39.2. The number of aromatic nitrogens is 1. The number of aryl methyl sites for hydroxylation is 1. The third-order valence-electron chi connectivity index (χ3n) is 3.48. The molecule has 20 heavy (non-hydrogen) atoms. The van der Waals surface area contributed by atoms with Gasteiger partial charge in [0.15, 0.2) is 0 Å². The highest BCUT2D eigenvalue weighted by Gasteiger charge is 2.39. The summed E-state index contributed by atoms with van der Waals surface area (Å²) >= 11 is 0. The lowest BCUT2D eigenvalue weighted by atomic mass is 9.92. The van der Waals surface area contributed by atoms with Crippen molar-refractivity contribution in [1.29, 1.82) is 0 Å². The topological polar surface area (TPSA) is 28.1 Å². The minimum atomic E-state index is -4.16. The van der Waals surface area contributed by atoms with Crippen LogP contribution in [0.4, 0.5) is 13.2 Å². The van der Waals surface area contributed by atoms with Crippen LogP contribution in [0.2, 0.25) is 0 Å². The highest BCUT2D eigenvalue weighted by molar-refractivity contribution is 5.99. The lowest BCUT2D eigenvalue weighted by Gasteiger charge is -2.21. The molecule has 5 heteroatoms. The van der Waals surface area contributed by atoms with E-state index in [0.29, 0.717) is 5.69 Å². The molecule has 1 aromatic heterocycles. The summed E-state index contributed by atoms with van der Waals surface area (Å²) in [5.74, 6) is -1.27. The van der Waals surface area contributed by atoms with Crippen LogP contribution in [0.3, 0.4) is 0 Å². The molecule has 1 rings (SSSR count). The molecule has 1 N–H and O–H groups in total. The molecule has 1 aromatic rings. The second-order valence-corrected chi connectivity index (χ2v) is 5.71. The van der Waals surface area contributed by atoms with Gasteiger partial charge in [-0.25, -0.2) is 0 Å². The molecule has 0 aliphatic carbocycles. The van der Waals surface area contributed by atoms with Crippen molar-refractivity contribution in [3.8, 4) is 0 Å². The fourth-order valence-electron chi connectivity index (χ4n) is 2.40. The maximum atomic E-state index is 13.1. The van der Waals surface area contributed by atoms with Gasteiger partial charge in [-0.1, -0.05) is 13.8 Å². The Morgan fingerprint density at radius 3 is 2.40 bits per heavy atom. The predicted molar refractivity (Wildman–Crippen MR) is 76.4 cm³/mol. The molecule has 1 unspecified atom stereocenters. The fraction of sp³-hybridized carbons (Fsp3) is 0.667. The Kier molecular flexibility index (Phi) is 5.42. The molecular formula is C15H23F3N2. The Morgan fingerprint density at radius 1 is 1.35 bits per heavy atom. The van der Waals surface area contributed by atoms with E-state index in [-0.39, 0.29) is 18.8 Å². The van der Waals surface area contributed by atoms with Gasteiger partial charge in [-0.2, -0.15) is 13.2 Å². The highest BCUT2D eigenvalue weighted by atomic mass is 19.4. The van der Waals surface area contributed by atoms with Crippen LogP contribution >= 0.6 is 0 Å². The summed E-state index contributed by atoms with van der Waals surface area (Å²) in [4.78, 5) is 7.14. The molecule has 0 saturated heterocycles. The van der Waals surface area contributed by atoms with Crippen LogP contribution in [0, 0.1) is 18.8 Å². The lowest BCUT2D eigenvalue weighted by Crippen LogP contribution is -2.26. The minimum absolute atomic E-state index is 0.000482. The molecule has 0 radical (unpaired) electrons. The zero-order valence-corrected chi connectivity index (χ0v) is 12.7. The summed E-state index contributed by atoms with van der Waals surface area (Å²) in [6, 6.07) is 1.79. The number of aliphatic imine (C=N–C) groups is 1. The van der Waals surface area contributed by atoms with Crippen LogP contribution in [0.5, 0.6) is 0 Å². The van der Waals surface area contributed by atoms with Crippen molar-refractivity contribution in [3.63, 3.8) is 0 Å². The van der Waals surface area contributed by atoms with E-state index in [1.54, 1.807) is 13.1 Å². The first-order chi connectivity index (χ1) is 9.15. The molecule has 0 bridgehead atoms. The molecular weight excluding hydrogens is 265 g/mol. The average Bonchev–Trinajstić information content (AvgIpc) is 2.67. The van der Waals surface area contributed by atoms with Gasteiger partial charge < -0.3 is 4.98 Å². The molecule has 0 saturated carbocycles. The van der Waals surface area contributed by atoms with Crippen molar-refractivity contribution in [2.24, 2.45) is 16.8 Å².